The number of hydrogen-bond donors (Lipinski definition) is 1. The van der Waals surface area contributed by atoms with Crippen molar-refractivity contribution in [1.29, 1.82) is 0 Å². The van der Waals surface area contributed by atoms with Gasteiger partial charge in [0.2, 0.25) is 5.28 Å². The lowest BCUT2D eigenvalue weighted by Crippen LogP contribution is -2.37. The van der Waals surface area contributed by atoms with Crippen LogP contribution in [-0.2, 0) is 27.2 Å². The number of halogens is 1. The Bertz CT molecular complexity index is 1360. The van der Waals surface area contributed by atoms with Gasteiger partial charge < -0.3 is 14.3 Å². The van der Waals surface area contributed by atoms with Crippen molar-refractivity contribution in [3.63, 3.8) is 0 Å². The van der Waals surface area contributed by atoms with Crippen LogP contribution in [0.25, 0.3) is 11.2 Å². The quantitative estimate of drug-likeness (QED) is 0.488. The fraction of sp³-hybridized carbons (Fsp3) is 0.200. The number of benzene rings is 1. The number of aromatic nitrogens is 4. The van der Waals surface area contributed by atoms with E-state index in [-0.39, 0.29) is 35.4 Å². The molecule has 0 saturated carbocycles. The zero-order chi connectivity index (χ0) is 21.4. The van der Waals surface area contributed by atoms with E-state index in [4.69, 9.17) is 16.0 Å². The molecule has 3 heterocycles. The Morgan fingerprint density at radius 3 is 2.70 bits per heavy atom. The molecule has 30 heavy (non-hydrogen) atoms. The summed E-state index contributed by atoms with van der Waals surface area (Å²) in [4.78, 5) is 41.4. The van der Waals surface area contributed by atoms with Gasteiger partial charge in [0.15, 0.2) is 11.2 Å². The second kappa shape index (κ2) is 7.68. The summed E-state index contributed by atoms with van der Waals surface area (Å²) in [6.45, 7) is 0.486. The number of nitrogens with one attached hydrogen (secondary N) is 1. The Morgan fingerprint density at radius 2 is 1.97 bits per heavy atom. The average Bonchev–Trinajstić information content (AvgIpc) is 3.37. The summed E-state index contributed by atoms with van der Waals surface area (Å²) in [5.41, 5.74) is 0.666. The van der Waals surface area contributed by atoms with Crippen LogP contribution in [0.3, 0.4) is 0 Å². The zero-order valence-corrected chi connectivity index (χ0v) is 17.0. The maximum absolute atomic E-state index is 12.7. The van der Waals surface area contributed by atoms with Crippen LogP contribution in [0.1, 0.15) is 21.7 Å². The van der Waals surface area contributed by atoms with E-state index in [1.165, 1.54) is 23.2 Å². The molecule has 1 amide bonds. The molecule has 1 N–H and O–H groups in total. The van der Waals surface area contributed by atoms with Crippen molar-refractivity contribution in [3.05, 3.63) is 85.7 Å². The first-order valence-corrected chi connectivity index (χ1v) is 9.46. The molecule has 0 radical (unpaired) electrons. The SMILES string of the molecule is Cn1c(=O)c2c(nc(Cl)n2Cc2cccc(C(=O)NCc3ccco3)c2)n(C)c1=O. The minimum Gasteiger partial charge on any atom is -0.467 e. The van der Waals surface area contributed by atoms with Crippen molar-refractivity contribution in [2.75, 3.05) is 0 Å². The molecule has 1 aromatic carbocycles. The van der Waals surface area contributed by atoms with Crippen molar-refractivity contribution >= 4 is 28.7 Å². The van der Waals surface area contributed by atoms with Crippen LogP contribution >= 0.6 is 11.6 Å². The van der Waals surface area contributed by atoms with Crippen LogP contribution < -0.4 is 16.6 Å². The molecule has 10 heteroatoms. The van der Waals surface area contributed by atoms with Gasteiger partial charge in [0.25, 0.3) is 11.5 Å². The lowest BCUT2D eigenvalue weighted by atomic mass is 10.1. The summed E-state index contributed by atoms with van der Waals surface area (Å²) in [7, 11) is 2.93. The highest BCUT2D eigenvalue weighted by molar-refractivity contribution is 6.29. The van der Waals surface area contributed by atoms with Crippen molar-refractivity contribution in [1.82, 2.24) is 24.0 Å². The van der Waals surface area contributed by atoms with Crippen LogP contribution in [0.2, 0.25) is 5.28 Å². The zero-order valence-electron chi connectivity index (χ0n) is 16.3. The molecular weight excluding hydrogens is 410 g/mol. The number of imidazole rings is 1. The molecule has 0 bridgehead atoms. The predicted octanol–water partition coefficient (Wildman–Crippen LogP) is 1.66. The molecule has 0 unspecified atom stereocenters. The minimum absolute atomic E-state index is 0.0796. The first-order chi connectivity index (χ1) is 14.4. The Hall–Kier alpha value is -3.59. The minimum atomic E-state index is -0.486. The number of furan rings is 1. The molecule has 4 aromatic rings. The van der Waals surface area contributed by atoms with E-state index in [1.54, 1.807) is 36.6 Å². The fourth-order valence-corrected chi connectivity index (χ4v) is 3.46. The standard InChI is InChI=1S/C20H18ClN5O4/c1-24-16-15(18(28)25(2)20(24)29)26(19(21)23-16)11-12-5-3-6-13(9-12)17(27)22-10-14-7-4-8-30-14/h3-9H,10-11H2,1-2H3,(H,22,27). The fourth-order valence-electron chi connectivity index (χ4n) is 3.24. The summed E-state index contributed by atoms with van der Waals surface area (Å²) in [5.74, 6) is 0.394. The van der Waals surface area contributed by atoms with Gasteiger partial charge in [-0.15, -0.1) is 0 Å². The lowest BCUT2D eigenvalue weighted by molar-refractivity contribution is 0.0948. The molecule has 0 aliphatic carbocycles. The third-order valence-electron chi connectivity index (χ3n) is 4.83. The highest BCUT2D eigenvalue weighted by atomic mass is 35.5. The summed E-state index contributed by atoms with van der Waals surface area (Å²) >= 11 is 6.27. The molecule has 0 atom stereocenters. The molecule has 0 fully saturated rings. The van der Waals surface area contributed by atoms with Crippen molar-refractivity contribution in [2.45, 2.75) is 13.1 Å². The van der Waals surface area contributed by atoms with Crippen LogP contribution in [0, 0.1) is 0 Å². The number of rotatable bonds is 5. The van der Waals surface area contributed by atoms with Crippen molar-refractivity contribution < 1.29 is 9.21 Å². The molecule has 0 saturated heterocycles. The van der Waals surface area contributed by atoms with E-state index < -0.39 is 11.2 Å². The van der Waals surface area contributed by atoms with Gasteiger partial charge in [-0.25, -0.2) is 4.79 Å². The Labute approximate surface area is 175 Å². The summed E-state index contributed by atoms with van der Waals surface area (Å²) in [6, 6.07) is 10.5. The molecule has 3 aromatic heterocycles. The predicted molar refractivity (Wildman–Crippen MR) is 111 cm³/mol. The largest absolute Gasteiger partial charge is 0.467 e. The van der Waals surface area contributed by atoms with E-state index in [1.807, 2.05) is 6.07 Å². The number of hydrogen-bond acceptors (Lipinski definition) is 5. The van der Waals surface area contributed by atoms with Gasteiger partial charge in [-0.1, -0.05) is 12.1 Å². The first kappa shape index (κ1) is 19.7. The highest BCUT2D eigenvalue weighted by Crippen LogP contribution is 2.18. The van der Waals surface area contributed by atoms with E-state index >= 15 is 0 Å². The molecule has 0 spiro atoms. The lowest BCUT2D eigenvalue weighted by Gasteiger charge is -2.09. The van der Waals surface area contributed by atoms with E-state index in [0.29, 0.717) is 11.3 Å². The van der Waals surface area contributed by atoms with Gasteiger partial charge in [0.1, 0.15) is 5.76 Å². The van der Waals surface area contributed by atoms with Gasteiger partial charge in [-0.05, 0) is 41.4 Å². The van der Waals surface area contributed by atoms with E-state index in [9.17, 15) is 14.4 Å². The molecule has 0 aliphatic rings. The maximum atomic E-state index is 12.7. The number of fused-ring (bicyclic) bond motifs is 1. The molecule has 4 rings (SSSR count). The molecule has 9 nitrogen and oxygen atoms in total. The topological polar surface area (TPSA) is 104 Å². The molecule has 154 valence electrons. The second-order valence-corrected chi connectivity index (χ2v) is 7.15. The van der Waals surface area contributed by atoms with Crippen LogP contribution in [0.4, 0.5) is 0 Å². The normalized spacial score (nSPS) is 11.2. The van der Waals surface area contributed by atoms with Gasteiger partial charge in [-0.3, -0.25) is 18.7 Å². The first-order valence-electron chi connectivity index (χ1n) is 9.08. The second-order valence-electron chi connectivity index (χ2n) is 6.81. The number of aryl methyl sites for hydroxylation is 1. The van der Waals surface area contributed by atoms with Gasteiger partial charge in [-0.2, -0.15) is 4.98 Å². The van der Waals surface area contributed by atoms with Gasteiger partial charge in [0.05, 0.1) is 19.4 Å². The molecular formula is C20H18ClN5O4. The number of carbonyl (C=O) groups excluding carboxylic acids is 1. The summed E-state index contributed by atoms with van der Waals surface area (Å²) in [6.07, 6.45) is 1.54. The number of carbonyl (C=O) groups is 1. The maximum Gasteiger partial charge on any atom is 0.332 e. The van der Waals surface area contributed by atoms with Gasteiger partial charge >= 0.3 is 5.69 Å². The van der Waals surface area contributed by atoms with Crippen LogP contribution in [0.5, 0.6) is 0 Å². The number of nitrogens with zero attached hydrogens (tertiary/aromatic N) is 4. The number of amides is 1. The Kier molecular flexibility index (Phi) is 5.04. The smallest absolute Gasteiger partial charge is 0.332 e. The van der Waals surface area contributed by atoms with Crippen LogP contribution in [-0.4, -0.2) is 24.6 Å². The molecule has 0 aliphatic heterocycles. The third kappa shape index (κ3) is 3.43. The van der Waals surface area contributed by atoms with E-state index in [2.05, 4.69) is 10.3 Å². The van der Waals surface area contributed by atoms with Crippen molar-refractivity contribution in [2.24, 2.45) is 14.1 Å². The average molecular weight is 428 g/mol. The third-order valence-corrected chi connectivity index (χ3v) is 5.12. The highest BCUT2D eigenvalue weighted by Gasteiger charge is 2.18. The summed E-state index contributed by atoms with van der Waals surface area (Å²) < 4.78 is 9.02. The Balaban J connectivity index is 1.65. The van der Waals surface area contributed by atoms with Gasteiger partial charge in [0, 0.05) is 19.7 Å². The monoisotopic (exact) mass is 427 g/mol. The Morgan fingerprint density at radius 1 is 1.17 bits per heavy atom. The van der Waals surface area contributed by atoms with Crippen LogP contribution in [0.15, 0.2) is 56.7 Å². The van der Waals surface area contributed by atoms with E-state index in [0.717, 1.165) is 10.1 Å². The van der Waals surface area contributed by atoms with Crippen molar-refractivity contribution in [3.8, 4) is 0 Å². The summed E-state index contributed by atoms with van der Waals surface area (Å²) in [5, 5.41) is 2.87.